The van der Waals surface area contributed by atoms with Crippen LogP contribution in [0.5, 0.6) is 0 Å². The molecule has 1 atom stereocenters. The lowest BCUT2D eigenvalue weighted by molar-refractivity contribution is 0.490. The van der Waals surface area contributed by atoms with Crippen molar-refractivity contribution in [2.24, 2.45) is 0 Å². The molecule has 0 fully saturated rings. The predicted molar refractivity (Wildman–Crippen MR) is 59.7 cm³/mol. The van der Waals surface area contributed by atoms with Gasteiger partial charge in [-0.05, 0) is 38.1 Å². The first-order chi connectivity index (χ1) is 7.25. The zero-order valence-corrected chi connectivity index (χ0v) is 8.90. The zero-order valence-electron chi connectivity index (χ0n) is 8.90. The second kappa shape index (κ2) is 4.17. The van der Waals surface area contributed by atoms with Crippen molar-refractivity contribution < 1.29 is 4.42 Å². The Kier molecular flexibility index (Phi) is 2.72. The van der Waals surface area contributed by atoms with Gasteiger partial charge in [-0.2, -0.15) is 0 Å². The maximum atomic E-state index is 5.31. The molecule has 1 N–H and O–H groups in total. The van der Waals surface area contributed by atoms with Gasteiger partial charge < -0.3 is 9.73 Å². The minimum atomic E-state index is 0.134. The van der Waals surface area contributed by atoms with Crippen LogP contribution in [0.25, 0.3) is 0 Å². The fourth-order valence-corrected chi connectivity index (χ4v) is 1.45. The van der Waals surface area contributed by atoms with Gasteiger partial charge in [-0.3, -0.25) is 0 Å². The van der Waals surface area contributed by atoms with E-state index in [-0.39, 0.29) is 6.04 Å². The summed E-state index contributed by atoms with van der Waals surface area (Å²) in [6.07, 6.45) is 1.68. The van der Waals surface area contributed by atoms with Gasteiger partial charge in [0.05, 0.1) is 12.3 Å². The average molecular weight is 202 g/mol. The number of aryl methyl sites for hydroxylation is 1. The van der Waals surface area contributed by atoms with Crippen LogP contribution in [-0.2, 0) is 0 Å². The van der Waals surface area contributed by atoms with Gasteiger partial charge in [0.2, 0.25) is 0 Å². The fourth-order valence-electron chi connectivity index (χ4n) is 1.45. The van der Waals surface area contributed by atoms with Crippen LogP contribution >= 0.6 is 0 Å². The van der Waals surface area contributed by atoms with Crippen molar-refractivity contribution in [1.82, 2.24) is 4.98 Å². The lowest BCUT2D eigenvalue weighted by atomic mass is 10.2. The van der Waals surface area contributed by atoms with Crippen LogP contribution in [-0.4, -0.2) is 4.98 Å². The Balaban J connectivity index is 2.09. The van der Waals surface area contributed by atoms with Gasteiger partial charge in [0.25, 0.3) is 0 Å². The van der Waals surface area contributed by atoms with E-state index in [1.165, 1.54) is 0 Å². The van der Waals surface area contributed by atoms with Gasteiger partial charge in [0, 0.05) is 5.69 Å². The summed E-state index contributed by atoms with van der Waals surface area (Å²) in [5, 5.41) is 3.28. The van der Waals surface area contributed by atoms with Gasteiger partial charge in [-0.1, -0.05) is 6.07 Å². The molecule has 2 heterocycles. The van der Waals surface area contributed by atoms with Crippen LogP contribution in [0.1, 0.15) is 24.4 Å². The van der Waals surface area contributed by atoms with Crippen LogP contribution in [0.4, 0.5) is 5.82 Å². The van der Waals surface area contributed by atoms with Gasteiger partial charge in [0.15, 0.2) is 0 Å². The molecule has 0 bridgehead atoms. The average Bonchev–Trinajstić information content (AvgIpc) is 2.70. The quantitative estimate of drug-likeness (QED) is 0.830. The van der Waals surface area contributed by atoms with Crippen LogP contribution in [0.3, 0.4) is 0 Å². The van der Waals surface area contributed by atoms with Crippen LogP contribution in [0.15, 0.2) is 41.0 Å². The topological polar surface area (TPSA) is 38.1 Å². The summed E-state index contributed by atoms with van der Waals surface area (Å²) >= 11 is 0. The van der Waals surface area contributed by atoms with Gasteiger partial charge in [-0.25, -0.2) is 4.98 Å². The van der Waals surface area contributed by atoms with E-state index >= 15 is 0 Å². The molecule has 2 rings (SSSR count). The third-order valence-corrected chi connectivity index (χ3v) is 2.22. The maximum absolute atomic E-state index is 5.31. The van der Waals surface area contributed by atoms with Crippen LogP contribution in [0, 0.1) is 6.92 Å². The van der Waals surface area contributed by atoms with Crippen molar-refractivity contribution in [3.63, 3.8) is 0 Å². The van der Waals surface area contributed by atoms with Gasteiger partial charge in [-0.15, -0.1) is 0 Å². The highest BCUT2D eigenvalue weighted by Gasteiger charge is 2.07. The molecule has 0 saturated heterocycles. The van der Waals surface area contributed by atoms with E-state index in [1.807, 2.05) is 44.2 Å². The summed E-state index contributed by atoms with van der Waals surface area (Å²) in [4.78, 5) is 4.37. The van der Waals surface area contributed by atoms with E-state index in [1.54, 1.807) is 6.26 Å². The highest BCUT2D eigenvalue weighted by molar-refractivity contribution is 5.37. The summed E-state index contributed by atoms with van der Waals surface area (Å²) in [5.41, 5.74) is 1.01. The van der Waals surface area contributed by atoms with E-state index in [9.17, 15) is 0 Å². The minimum absolute atomic E-state index is 0.134. The molecule has 3 nitrogen and oxygen atoms in total. The largest absolute Gasteiger partial charge is 0.467 e. The Morgan fingerprint density at radius 3 is 2.80 bits per heavy atom. The Morgan fingerprint density at radius 2 is 2.13 bits per heavy atom. The molecule has 0 aliphatic rings. The molecule has 0 aromatic carbocycles. The summed E-state index contributed by atoms with van der Waals surface area (Å²) < 4.78 is 5.31. The second-order valence-electron chi connectivity index (χ2n) is 3.55. The van der Waals surface area contributed by atoms with Crippen molar-refractivity contribution >= 4 is 5.82 Å². The van der Waals surface area contributed by atoms with Crippen molar-refractivity contribution in [1.29, 1.82) is 0 Å². The van der Waals surface area contributed by atoms with Crippen molar-refractivity contribution in [3.8, 4) is 0 Å². The summed E-state index contributed by atoms with van der Waals surface area (Å²) in [5.74, 6) is 1.79. The number of hydrogen-bond donors (Lipinski definition) is 1. The standard InChI is InChI=1S/C12H14N2O/c1-9-5-3-7-12(13-9)14-10(2)11-6-4-8-15-11/h3-8,10H,1-2H3,(H,13,14). The molecule has 0 radical (unpaired) electrons. The lowest BCUT2D eigenvalue weighted by Gasteiger charge is -2.11. The fraction of sp³-hybridized carbons (Fsp3) is 0.250. The number of pyridine rings is 1. The molecule has 3 heteroatoms. The SMILES string of the molecule is Cc1cccc(NC(C)c2ccco2)n1. The first kappa shape index (κ1) is 9.77. The summed E-state index contributed by atoms with van der Waals surface area (Å²) in [6, 6.07) is 9.88. The second-order valence-corrected chi connectivity index (χ2v) is 3.55. The molecule has 0 aliphatic heterocycles. The van der Waals surface area contributed by atoms with E-state index in [4.69, 9.17) is 4.42 Å². The van der Waals surface area contributed by atoms with E-state index in [2.05, 4.69) is 10.3 Å². The molecule has 0 amide bonds. The molecular weight excluding hydrogens is 188 g/mol. The molecule has 1 unspecified atom stereocenters. The molecular formula is C12H14N2O. The Hall–Kier alpha value is -1.77. The number of anilines is 1. The van der Waals surface area contributed by atoms with E-state index < -0.39 is 0 Å². The Bertz CT molecular complexity index is 423. The monoisotopic (exact) mass is 202 g/mol. The maximum Gasteiger partial charge on any atom is 0.126 e. The molecule has 0 aliphatic carbocycles. The van der Waals surface area contributed by atoms with Crippen molar-refractivity contribution in [2.75, 3.05) is 5.32 Å². The first-order valence-corrected chi connectivity index (χ1v) is 4.99. The minimum Gasteiger partial charge on any atom is -0.467 e. The number of nitrogens with one attached hydrogen (secondary N) is 1. The summed E-state index contributed by atoms with van der Waals surface area (Å²) in [7, 11) is 0. The Labute approximate surface area is 89.1 Å². The van der Waals surface area contributed by atoms with E-state index in [0.29, 0.717) is 0 Å². The summed E-state index contributed by atoms with van der Waals surface area (Å²) in [6.45, 7) is 4.02. The smallest absolute Gasteiger partial charge is 0.126 e. The predicted octanol–water partition coefficient (Wildman–Crippen LogP) is 3.16. The molecule has 2 aromatic rings. The number of rotatable bonds is 3. The molecule has 0 saturated carbocycles. The van der Waals surface area contributed by atoms with Crippen LogP contribution < -0.4 is 5.32 Å². The highest BCUT2D eigenvalue weighted by atomic mass is 16.3. The number of furan rings is 1. The first-order valence-electron chi connectivity index (χ1n) is 4.99. The number of nitrogens with zero attached hydrogens (tertiary/aromatic N) is 1. The van der Waals surface area contributed by atoms with Crippen molar-refractivity contribution in [3.05, 3.63) is 48.0 Å². The van der Waals surface area contributed by atoms with Gasteiger partial charge >= 0.3 is 0 Å². The molecule has 78 valence electrons. The number of aromatic nitrogens is 1. The molecule has 0 spiro atoms. The van der Waals surface area contributed by atoms with Crippen molar-refractivity contribution in [2.45, 2.75) is 19.9 Å². The Morgan fingerprint density at radius 1 is 1.27 bits per heavy atom. The van der Waals surface area contributed by atoms with Crippen LogP contribution in [0.2, 0.25) is 0 Å². The molecule has 2 aromatic heterocycles. The zero-order chi connectivity index (χ0) is 10.7. The third kappa shape index (κ3) is 2.37. The highest BCUT2D eigenvalue weighted by Crippen LogP contribution is 2.17. The van der Waals surface area contributed by atoms with E-state index in [0.717, 1.165) is 17.3 Å². The number of hydrogen-bond acceptors (Lipinski definition) is 3. The molecule has 15 heavy (non-hydrogen) atoms. The third-order valence-electron chi connectivity index (χ3n) is 2.22. The normalized spacial score (nSPS) is 12.4. The van der Waals surface area contributed by atoms with Gasteiger partial charge in [0.1, 0.15) is 11.6 Å². The lowest BCUT2D eigenvalue weighted by Crippen LogP contribution is -2.07.